The minimum absolute atomic E-state index is 0.00278. The predicted octanol–water partition coefficient (Wildman–Crippen LogP) is 1.92. The summed E-state index contributed by atoms with van der Waals surface area (Å²) in [7, 11) is 1.62. The van der Waals surface area contributed by atoms with Crippen LogP contribution < -0.4 is 15.8 Å². The van der Waals surface area contributed by atoms with Crippen LogP contribution in [-0.2, 0) is 9.53 Å². The second-order valence-corrected chi connectivity index (χ2v) is 5.47. The summed E-state index contributed by atoms with van der Waals surface area (Å²) in [6.07, 6.45) is 1.13. The molecule has 0 bridgehead atoms. The normalized spacial score (nSPS) is 29.8. The van der Waals surface area contributed by atoms with E-state index < -0.39 is 5.54 Å². The van der Waals surface area contributed by atoms with Crippen molar-refractivity contribution < 1.29 is 14.3 Å². The van der Waals surface area contributed by atoms with Crippen molar-refractivity contribution in [1.82, 2.24) is 0 Å². The average Bonchev–Trinajstić information content (AvgIpc) is 2.38. The van der Waals surface area contributed by atoms with Crippen LogP contribution >= 0.6 is 0 Å². The van der Waals surface area contributed by atoms with Crippen LogP contribution in [-0.4, -0.2) is 30.8 Å². The van der Waals surface area contributed by atoms with Crippen molar-refractivity contribution in [2.24, 2.45) is 5.73 Å². The Morgan fingerprint density at radius 2 is 1.85 bits per heavy atom. The summed E-state index contributed by atoms with van der Waals surface area (Å²) < 4.78 is 10.8. The zero-order valence-corrected chi connectivity index (χ0v) is 12.2. The predicted molar refractivity (Wildman–Crippen MR) is 77.8 cm³/mol. The van der Waals surface area contributed by atoms with Crippen molar-refractivity contribution in [3.8, 4) is 5.75 Å². The number of carbonyl (C=O) groups is 1. The number of ether oxygens (including phenoxy) is 2. The van der Waals surface area contributed by atoms with Crippen LogP contribution in [0, 0.1) is 0 Å². The van der Waals surface area contributed by atoms with E-state index in [1.54, 1.807) is 7.11 Å². The molecule has 2 unspecified atom stereocenters. The Balaban J connectivity index is 2.22. The van der Waals surface area contributed by atoms with Gasteiger partial charge in [-0.25, -0.2) is 0 Å². The lowest BCUT2D eigenvalue weighted by Gasteiger charge is -2.41. The lowest BCUT2D eigenvalue weighted by Crippen LogP contribution is -2.57. The maximum Gasteiger partial charge on any atom is 0.243 e. The van der Waals surface area contributed by atoms with Gasteiger partial charge in [-0.1, -0.05) is 0 Å². The van der Waals surface area contributed by atoms with Crippen LogP contribution in [0.25, 0.3) is 0 Å². The van der Waals surface area contributed by atoms with Gasteiger partial charge in [-0.2, -0.15) is 0 Å². The molecule has 2 rings (SSSR count). The second kappa shape index (κ2) is 5.71. The van der Waals surface area contributed by atoms with Gasteiger partial charge in [0, 0.05) is 18.5 Å². The third-order valence-corrected chi connectivity index (χ3v) is 3.68. The average molecular weight is 278 g/mol. The summed E-state index contributed by atoms with van der Waals surface area (Å²) in [6, 6.07) is 7.47. The van der Waals surface area contributed by atoms with Crippen molar-refractivity contribution in [2.75, 3.05) is 12.4 Å². The molecule has 0 radical (unpaired) electrons. The number of hydrogen-bond acceptors (Lipinski definition) is 4. The number of carbonyl (C=O) groups excluding carboxylic acids is 1. The third-order valence-electron chi connectivity index (χ3n) is 3.68. The summed E-state index contributed by atoms with van der Waals surface area (Å²) in [5.74, 6) is 0.438. The van der Waals surface area contributed by atoms with Gasteiger partial charge < -0.3 is 20.5 Å². The Hall–Kier alpha value is -1.75. The highest BCUT2D eigenvalue weighted by Crippen LogP contribution is 2.32. The molecule has 1 amide bonds. The van der Waals surface area contributed by atoms with E-state index in [4.69, 9.17) is 15.2 Å². The van der Waals surface area contributed by atoms with Crippen LogP contribution in [0.15, 0.2) is 24.3 Å². The van der Waals surface area contributed by atoms with E-state index in [2.05, 4.69) is 5.32 Å². The molecule has 110 valence electrons. The number of nitrogens with two attached hydrogens (primary N) is 1. The zero-order valence-electron chi connectivity index (χ0n) is 12.2. The van der Waals surface area contributed by atoms with Gasteiger partial charge in [0.15, 0.2) is 0 Å². The number of hydrogen-bond donors (Lipinski definition) is 2. The fourth-order valence-corrected chi connectivity index (χ4v) is 2.87. The van der Waals surface area contributed by atoms with Crippen molar-refractivity contribution >= 4 is 11.6 Å². The topological polar surface area (TPSA) is 73.6 Å². The SMILES string of the molecule is COc1ccc(NC2(C(N)=O)CC(C)OC(C)C2)cc1. The molecule has 0 saturated carbocycles. The lowest BCUT2D eigenvalue weighted by atomic mass is 9.83. The van der Waals surface area contributed by atoms with E-state index >= 15 is 0 Å². The maximum absolute atomic E-state index is 12.0. The summed E-state index contributed by atoms with van der Waals surface area (Å²) in [4.78, 5) is 12.0. The van der Waals surface area contributed by atoms with Crippen LogP contribution in [0.1, 0.15) is 26.7 Å². The standard InChI is InChI=1S/C15H22N2O3/c1-10-8-15(14(16)18,9-11(2)20-10)17-12-4-6-13(19-3)7-5-12/h4-7,10-11,17H,8-9H2,1-3H3,(H2,16,18). The first-order valence-corrected chi connectivity index (χ1v) is 6.83. The van der Waals surface area contributed by atoms with Crippen LogP contribution in [0.3, 0.4) is 0 Å². The van der Waals surface area contributed by atoms with Crippen molar-refractivity contribution in [3.63, 3.8) is 0 Å². The molecule has 1 aromatic carbocycles. The molecular formula is C15H22N2O3. The number of methoxy groups -OCH3 is 1. The number of primary amides is 1. The third kappa shape index (κ3) is 3.04. The minimum Gasteiger partial charge on any atom is -0.497 e. The van der Waals surface area contributed by atoms with Gasteiger partial charge in [0.05, 0.1) is 19.3 Å². The molecule has 0 aromatic heterocycles. The first kappa shape index (κ1) is 14.7. The molecule has 1 saturated heterocycles. The molecule has 20 heavy (non-hydrogen) atoms. The van der Waals surface area contributed by atoms with Gasteiger partial charge in [0.25, 0.3) is 0 Å². The Bertz CT molecular complexity index is 463. The fraction of sp³-hybridized carbons (Fsp3) is 0.533. The molecule has 0 aliphatic carbocycles. The molecule has 0 spiro atoms. The molecular weight excluding hydrogens is 256 g/mol. The number of benzene rings is 1. The van der Waals surface area contributed by atoms with Crippen molar-refractivity contribution in [1.29, 1.82) is 0 Å². The van der Waals surface area contributed by atoms with Gasteiger partial charge in [0.2, 0.25) is 5.91 Å². The number of amides is 1. The molecule has 2 atom stereocenters. The number of rotatable bonds is 4. The quantitative estimate of drug-likeness (QED) is 0.882. The van der Waals surface area contributed by atoms with E-state index in [0.29, 0.717) is 12.8 Å². The Morgan fingerprint density at radius 3 is 2.30 bits per heavy atom. The molecule has 5 heteroatoms. The van der Waals surface area contributed by atoms with Crippen LogP contribution in [0.2, 0.25) is 0 Å². The highest BCUT2D eigenvalue weighted by Gasteiger charge is 2.43. The van der Waals surface area contributed by atoms with Gasteiger partial charge in [-0.3, -0.25) is 4.79 Å². The van der Waals surface area contributed by atoms with Gasteiger partial charge in [0.1, 0.15) is 11.3 Å². The first-order valence-electron chi connectivity index (χ1n) is 6.83. The monoisotopic (exact) mass is 278 g/mol. The molecule has 5 nitrogen and oxygen atoms in total. The van der Waals surface area contributed by atoms with E-state index in [1.165, 1.54) is 0 Å². The van der Waals surface area contributed by atoms with E-state index in [1.807, 2.05) is 38.1 Å². The molecule has 1 aromatic rings. The van der Waals surface area contributed by atoms with E-state index in [0.717, 1.165) is 11.4 Å². The Kier molecular flexibility index (Phi) is 4.18. The molecule has 1 heterocycles. The molecule has 1 fully saturated rings. The van der Waals surface area contributed by atoms with Gasteiger partial charge in [-0.05, 0) is 38.1 Å². The first-order chi connectivity index (χ1) is 9.45. The summed E-state index contributed by atoms with van der Waals surface area (Å²) in [5, 5.41) is 3.30. The highest BCUT2D eigenvalue weighted by molar-refractivity contribution is 5.88. The second-order valence-electron chi connectivity index (χ2n) is 5.47. The zero-order chi connectivity index (χ0) is 14.8. The smallest absolute Gasteiger partial charge is 0.243 e. The summed E-state index contributed by atoms with van der Waals surface area (Å²) >= 11 is 0. The van der Waals surface area contributed by atoms with E-state index in [-0.39, 0.29) is 18.1 Å². The van der Waals surface area contributed by atoms with Crippen molar-refractivity contribution in [2.45, 2.75) is 44.4 Å². The summed E-state index contributed by atoms with van der Waals surface area (Å²) in [5.41, 5.74) is 5.74. The number of nitrogens with one attached hydrogen (secondary N) is 1. The Morgan fingerprint density at radius 1 is 1.30 bits per heavy atom. The van der Waals surface area contributed by atoms with Crippen LogP contribution in [0.4, 0.5) is 5.69 Å². The van der Waals surface area contributed by atoms with E-state index in [9.17, 15) is 4.79 Å². The van der Waals surface area contributed by atoms with Gasteiger partial charge in [-0.15, -0.1) is 0 Å². The van der Waals surface area contributed by atoms with Crippen molar-refractivity contribution in [3.05, 3.63) is 24.3 Å². The Labute approximate surface area is 119 Å². The molecule has 3 N–H and O–H groups in total. The van der Waals surface area contributed by atoms with Gasteiger partial charge >= 0.3 is 0 Å². The number of anilines is 1. The summed E-state index contributed by atoms with van der Waals surface area (Å²) in [6.45, 7) is 3.92. The largest absolute Gasteiger partial charge is 0.497 e. The van der Waals surface area contributed by atoms with Crippen LogP contribution in [0.5, 0.6) is 5.75 Å². The highest BCUT2D eigenvalue weighted by atomic mass is 16.5. The lowest BCUT2D eigenvalue weighted by molar-refractivity contribution is -0.131. The molecule has 1 aliphatic rings. The fourth-order valence-electron chi connectivity index (χ4n) is 2.87. The molecule has 1 aliphatic heterocycles. The maximum atomic E-state index is 12.0. The minimum atomic E-state index is -0.758.